The van der Waals surface area contributed by atoms with Gasteiger partial charge in [-0.15, -0.1) is 0 Å². The van der Waals surface area contributed by atoms with Crippen LogP contribution in [0.15, 0.2) is 200 Å². The summed E-state index contributed by atoms with van der Waals surface area (Å²) in [6.45, 7) is 4.60. The van der Waals surface area contributed by atoms with E-state index in [0.29, 0.717) is 5.92 Å². The highest BCUT2D eigenvalue weighted by atomic mass is 15.1. The van der Waals surface area contributed by atoms with Crippen LogP contribution in [0.4, 0.5) is 17.1 Å². The zero-order chi connectivity index (χ0) is 37.6. The van der Waals surface area contributed by atoms with Gasteiger partial charge in [0.1, 0.15) is 0 Å². The Morgan fingerprint density at radius 3 is 1.43 bits per heavy atom. The maximum absolute atomic E-state index is 2.43. The van der Waals surface area contributed by atoms with Gasteiger partial charge in [-0.2, -0.15) is 0 Å². The van der Waals surface area contributed by atoms with Crippen molar-refractivity contribution in [2.75, 3.05) is 4.90 Å². The highest BCUT2D eigenvalue weighted by Gasteiger charge is 2.20. The minimum absolute atomic E-state index is 0.487. The fourth-order valence-corrected chi connectivity index (χ4v) is 8.72. The average Bonchev–Trinajstić information content (AvgIpc) is 3.59. The Balaban J connectivity index is 1.15. The number of hydrogen-bond acceptors (Lipinski definition) is 1. The highest BCUT2D eigenvalue weighted by Crippen LogP contribution is 2.45. The van der Waals surface area contributed by atoms with Gasteiger partial charge in [0.15, 0.2) is 0 Å². The van der Waals surface area contributed by atoms with Crippen LogP contribution in [0.5, 0.6) is 0 Å². The molecule has 0 aliphatic rings. The van der Waals surface area contributed by atoms with E-state index < -0.39 is 0 Å². The fraction of sp³-hybridized carbons (Fsp3) is 0.0741. The number of hydrogen-bond donors (Lipinski definition) is 0. The molecule has 0 saturated carbocycles. The number of para-hydroxylation sites is 2. The van der Waals surface area contributed by atoms with Gasteiger partial charge in [-0.25, -0.2) is 0 Å². The molecule has 0 spiro atoms. The molecule has 1 heterocycles. The SMILES string of the molecule is CCC(C)c1ccc2c(c1)c1cc(N(c3ccccc3)c3ccc(-c4c5ccccc5c(-c5ccccc5)c5ccccc45)cc3)ccc1n2-c1ccccc1. The van der Waals surface area contributed by atoms with Gasteiger partial charge in [0.2, 0.25) is 0 Å². The first-order valence-electron chi connectivity index (χ1n) is 19.8. The molecule has 0 N–H and O–H groups in total. The summed E-state index contributed by atoms with van der Waals surface area (Å²) in [4.78, 5) is 2.39. The van der Waals surface area contributed by atoms with Crippen molar-refractivity contribution in [1.82, 2.24) is 4.57 Å². The molecule has 0 radical (unpaired) electrons. The van der Waals surface area contributed by atoms with Crippen molar-refractivity contribution in [2.45, 2.75) is 26.2 Å². The van der Waals surface area contributed by atoms with Gasteiger partial charge >= 0.3 is 0 Å². The molecule has 9 aromatic carbocycles. The van der Waals surface area contributed by atoms with Crippen molar-refractivity contribution >= 4 is 60.4 Å². The van der Waals surface area contributed by atoms with E-state index in [0.717, 1.165) is 23.5 Å². The van der Waals surface area contributed by atoms with Crippen molar-refractivity contribution < 1.29 is 0 Å². The molecule has 1 aromatic heterocycles. The van der Waals surface area contributed by atoms with Gasteiger partial charge in [-0.1, -0.05) is 147 Å². The first-order chi connectivity index (χ1) is 27.7. The van der Waals surface area contributed by atoms with E-state index in [4.69, 9.17) is 0 Å². The van der Waals surface area contributed by atoms with Crippen molar-refractivity contribution in [1.29, 1.82) is 0 Å². The molecule has 0 aliphatic carbocycles. The fourth-order valence-electron chi connectivity index (χ4n) is 8.72. The number of benzene rings is 9. The summed E-state index contributed by atoms with van der Waals surface area (Å²) in [6.07, 6.45) is 1.11. The predicted molar refractivity (Wildman–Crippen MR) is 240 cm³/mol. The second-order valence-corrected chi connectivity index (χ2v) is 14.9. The van der Waals surface area contributed by atoms with Gasteiger partial charge in [0, 0.05) is 33.5 Å². The maximum Gasteiger partial charge on any atom is 0.0542 e. The summed E-state index contributed by atoms with van der Waals surface area (Å²) in [6, 6.07) is 73.3. The van der Waals surface area contributed by atoms with Crippen LogP contribution in [-0.2, 0) is 0 Å². The van der Waals surface area contributed by atoms with Crippen LogP contribution in [-0.4, -0.2) is 4.57 Å². The lowest BCUT2D eigenvalue weighted by molar-refractivity contribution is 0.735. The molecule has 1 unspecified atom stereocenters. The van der Waals surface area contributed by atoms with Gasteiger partial charge in [0.25, 0.3) is 0 Å². The zero-order valence-electron chi connectivity index (χ0n) is 31.7. The lowest BCUT2D eigenvalue weighted by atomic mass is 9.86. The van der Waals surface area contributed by atoms with Crippen LogP contribution < -0.4 is 4.90 Å². The Morgan fingerprint density at radius 1 is 0.411 bits per heavy atom. The first-order valence-corrected chi connectivity index (χ1v) is 19.8. The third-order valence-electron chi connectivity index (χ3n) is 11.6. The van der Waals surface area contributed by atoms with E-state index >= 15 is 0 Å². The van der Waals surface area contributed by atoms with E-state index in [1.165, 1.54) is 76.9 Å². The maximum atomic E-state index is 2.43. The Hall–Kier alpha value is -6.90. The highest BCUT2D eigenvalue weighted by molar-refractivity contribution is 6.21. The molecule has 0 amide bonds. The lowest BCUT2D eigenvalue weighted by Crippen LogP contribution is -2.09. The van der Waals surface area contributed by atoms with E-state index in [-0.39, 0.29) is 0 Å². The Labute approximate surface area is 328 Å². The molecule has 0 bridgehead atoms. The second-order valence-electron chi connectivity index (χ2n) is 14.9. The monoisotopic (exact) mass is 718 g/mol. The van der Waals surface area contributed by atoms with Crippen molar-refractivity contribution in [3.05, 3.63) is 206 Å². The molecule has 2 nitrogen and oxygen atoms in total. The van der Waals surface area contributed by atoms with E-state index in [1.54, 1.807) is 0 Å². The molecule has 10 aromatic rings. The third kappa shape index (κ3) is 5.65. The molecule has 10 rings (SSSR count). The summed E-state index contributed by atoms with van der Waals surface area (Å²) in [5, 5.41) is 7.58. The molecule has 0 saturated heterocycles. The lowest BCUT2D eigenvalue weighted by Gasteiger charge is -2.26. The van der Waals surface area contributed by atoms with Crippen LogP contribution in [0.3, 0.4) is 0 Å². The summed E-state index contributed by atoms with van der Waals surface area (Å²) in [7, 11) is 0. The van der Waals surface area contributed by atoms with Crippen LogP contribution in [0.1, 0.15) is 31.7 Å². The van der Waals surface area contributed by atoms with E-state index in [1.807, 2.05) is 0 Å². The number of aromatic nitrogens is 1. The van der Waals surface area contributed by atoms with Crippen LogP contribution >= 0.6 is 0 Å². The molecule has 56 heavy (non-hydrogen) atoms. The molecular weight excluding hydrogens is 677 g/mol. The van der Waals surface area contributed by atoms with E-state index in [2.05, 4.69) is 224 Å². The largest absolute Gasteiger partial charge is 0.310 e. The molecule has 1 atom stereocenters. The average molecular weight is 719 g/mol. The summed E-state index contributed by atoms with van der Waals surface area (Å²) < 4.78 is 2.41. The molecule has 268 valence electrons. The topological polar surface area (TPSA) is 8.17 Å². The minimum Gasteiger partial charge on any atom is -0.310 e. The minimum atomic E-state index is 0.487. The third-order valence-corrected chi connectivity index (χ3v) is 11.6. The van der Waals surface area contributed by atoms with Gasteiger partial charge in [0.05, 0.1) is 11.0 Å². The van der Waals surface area contributed by atoms with Gasteiger partial charge in [-0.05, 0) is 128 Å². The summed E-state index contributed by atoms with van der Waals surface area (Å²) >= 11 is 0. The summed E-state index contributed by atoms with van der Waals surface area (Å²) in [5.41, 5.74) is 13.3. The Bertz CT molecular complexity index is 2940. The number of fused-ring (bicyclic) bond motifs is 5. The van der Waals surface area contributed by atoms with Crippen molar-refractivity contribution in [3.8, 4) is 27.9 Å². The van der Waals surface area contributed by atoms with E-state index in [9.17, 15) is 0 Å². The standard InChI is InChI=1S/C54H42N2/c1-3-37(2)40-29-33-51-49(35-40)50-36-44(32-34-52(50)56(51)42-21-11-6-12-22-42)55(41-19-9-5-10-20-41)43-30-27-39(28-31-43)54-47-25-15-13-23-45(47)53(38-17-7-4-8-18-38)46-24-14-16-26-48(46)54/h4-37H,3H2,1-2H3. The van der Waals surface area contributed by atoms with Crippen molar-refractivity contribution in [2.24, 2.45) is 0 Å². The smallest absolute Gasteiger partial charge is 0.0542 e. The van der Waals surface area contributed by atoms with Gasteiger partial charge < -0.3 is 9.47 Å². The summed E-state index contributed by atoms with van der Waals surface area (Å²) in [5.74, 6) is 0.487. The molecule has 0 fully saturated rings. The number of rotatable bonds is 8. The molecule has 2 heteroatoms. The number of anilines is 3. The Kier molecular flexibility index (Phi) is 8.45. The van der Waals surface area contributed by atoms with Crippen LogP contribution in [0.2, 0.25) is 0 Å². The Morgan fingerprint density at radius 2 is 0.857 bits per heavy atom. The molecular formula is C54H42N2. The van der Waals surface area contributed by atoms with Crippen LogP contribution in [0, 0.1) is 0 Å². The molecule has 0 aliphatic heterocycles. The number of nitrogens with zero attached hydrogens (tertiary/aromatic N) is 2. The van der Waals surface area contributed by atoms with Crippen LogP contribution in [0.25, 0.3) is 71.3 Å². The predicted octanol–water partition coefficient (Wildman–Crippen LogP) is 15.4. The second kappa shape index (κ2) is 14.1. The normalized spacial score (nSPS) is 12.1. The van der Waals surface area contributed by atoms with Crippen molar-refractivity contribution in [3.63, 3.8) is 0 Å². The first kappa shape index (κ1) is 33.7. The van der Waals surface area contributed by atoms with Gasteiger partial charge in [-0.3, -0.25) is 0 Å². The zero-order valence-corrected chi connectivity index (χ0v) is 31.7. The quantitative estimate of drug-likeness (QED) is 0.142.